The fourth-order valence-electron chi connectivity index (χ4n) is 2.00. The van der Waals surface area contributed by atoms with Crippen LogP contribution in [-0.4, -0.2) is 18.4 Å². The molecule has 1 aromatic carbocycles. The van der Waals surface area contributed by atoms with E-state index in [1.807, 2.05) is 26.0 Å². The van der Waals surface area contributed by atoms with E-state index in [1.165, 1.54) is 0 Å². The van der Waals surface area contributed by atoms with E-state index in [0.717, 1.165) is 23.3 Å². The minimum atomic E-state index is -0.0135. The number of nitrogens with two attached hydrogens (primary N) is 1. The van der Waals surface area contributed by atoms with Gasteiger partial charge in [0, 0.05) is 12.0 Å². The maximum absolute atomic E-state index is 11.5. The minimum Gasteiger partial charge on any atom is -0.490 e. The highest BCUT2D eigenvalue weighted by Gasteiger charge is 2.22. The van der Waals surface area contributed by atoms with Gasteiger partial charge in [0.05, 0.1) is 6.54 Å². The lowest BCUT2D eigenvalue weighted by atomic mass is 10.0. The maximum Gasteiger partial charge on any atom is 0.176 e. The predicted molar refractivity (Wildman–Crippen MR) is 58.4 cm³/mol. The van der Waals surface area contributed by atoms with Crippen LogP contribution < -0.4 is 10.5 Å². The lowest BCUT2D eigenvalue weighted by Crippen LogP contribution is -2.13. The van der Waals surface area contributed by atoms with Gasteiger partial charge >= 0.3 is 0 Å². The quantitative estimate of drug-likeness (QED) is 0.744. The summed E-state index contributed by atoms with van der Waals surface area (Å²) in [4.78, 5) is 11.5. The molecule has 2 N–H and O–H groups in total. The zero-order chi connectivity index (χ0) is 11.0. The van der Waals surface area contributed by atoms with Crippen molar-refractivity contribution in [1.82, 2.24) is 0 Å². The van der Waals surface area contributed by atoms with Gasteiger partial charge in [0.1, 0.15) is 11.9 Å². The first-order valence-electron chi connectivity index (χ1n) is 5.15. The van der Waals surface area contributed by atoms with Crippen molar-refractivity contribution < 1.29 is 9.53 Å². The van der Waals surface area contributed by atoms with Crippen LogP contribution in [0.1, 0.15) is 28.4 Å². The van der Waals surface area contributed by atoms with Gasteiger partial charge in [0.15, 0.2) is 5.78 Å². The molecule has 0 amide bonds. The van der Waals surface area contributed by atoms with Gasteiger partial charge in [0.25, 0.3) is 0 Å². The molecule has 2 rings (SSSR count). The largest absolute Gasteiger partial charge is 0.490 e. The summed E-state index contributed by atoms with van der Waals surface area (Å²) in [5, 5.41) is 0. The van der Waals surface area contributed by atoms with Gasteiger partial charge in [-0.25, -0.2) is 0 Å². The number of ketones is 1. The number of carbonyl (C=O) groups excluding carboxylic acids is 1. The van der Waals surface area contributed by atoms with E-state index in [-0.39, 0.29) is 18.4 Å². The summed E-state index contributed by atoms with van der Waals surface area (Å²) < 4.78 is 5.66. The molecule has 15 heavy (non-hydrogen) atoms. The maximum atomic E-state index is 11.5. The number of aryl methyl sites for hydroxylation is 1. The number of carbonyl (C=O) groups is 1. The van der Waals surface area contributed by atoms with Gasteiger partial charge in [-0.05, 0) is 37.1 Å². The van der Waals surface area contributed by atoms with Crippen LogP contribution in [0.4, 0.5) is 0 Å². The van der Waals surface area contributed by atoms with Crippen molar-refractivity contribution in [3.8, 4) is 5.75 Å². The van der Waals surface area contributed by atoms with Crippen LogP contribution in [0, 0.1) is 6.92 Å². The predicted octanol–water partition coefficient (Wildman–Crippen LogP) is 1.46. The Morgan fingerprint density at radius 3 is 3.00 bits per heavy atom. The van der Waals surface area contributed by atoms with Crippen LogP contribution in [0.5, 0.6) is 5.75 Å². The summed E-state index contributed by atoms with van der Waals surface area (Å²) in [5.74, 6) is 0.927. The van der Waals surface area contributed by atoms with E-state index in [2.05, 4.69) is 0 Å². The second kappa shape index (κ2) is 3.66. The Balaban J connectivity index is 2.44. The van der Waals surface area contributed by atoms with E-state index in [1.54, 1.807) is 0 Å². The van der Waals surface area contributed by atoms with Gasteiger partial charge in [-0.2, -0.15) is 0 Å². The number of Topliss-reactive ketones (excluding diaryl/α,β-unsaturated/α-hetero) is 1. The van der Waals surface area contributed by atoms with Crippen molar-refractivity contribution in [2.75, 3.05) is 6.54 Å². The van der Waals surface area contributed by atoms with E-state index < -0.39 is 0 Å². The van der Waals surface area contributed by atoms with Crippen molar-refractivity contribution >= 4 is 5.78 Å². The van der Waals surface area contributed by atoms with Crippen molar-refractivity contribution in [2.24, 2.45) is 5.73 Å². The Labute approximate surface area is 89.2 Å². The van der Waals surface area contributed by atoms with E-state index >= 15 is 0 Å². The Kier molecular flexibility index (Phi) is 2.49. The molecule has 3 nitrogen and oxygen atoms in total. The van der Waals surface area contributed by atoms with Gasteiger partial charge in [0.2, 0.25) is 0 Å². The van der Waals surface area contributed by atoms with Gasteiger partial charge in [-0.15, -0.1) is 0 Å². The fraction of sp³-hybridized carbons (Fsp3) is 0.417. The zero-order valence-electron chi connectivity index (χ0n) is 9.04. The van der Waals surface area contributed by atoms with Crippen LogP contribution in [0.25, 0.3) is 0 Å². The average Bonchev–Trinajstić information content (AvgIpc) is 2.58. The van der Waals surface area contributed by atoms with Crippen molar-refractivity contribution in [2.45, 2.75) is 26.4 Å². The molecule has 0 saturated carbocycles. The van der Waals surface area contributed by atoms with Gasteiger partial charge in [-0.3, -0.25) is 4.79 Å². The summed E-state index contributed by atoms with van der Waals surface area (Å²) in [5.41, 5.74) is 8.19. The highest BCUT2D eigenvalue weighted by molar-refractivity contribution is 5.98. The normalized spacial score (nSPS) is 18.5. The second-order valence-electron chi connectivity index (χ2n) is 4.04. The number of fused-ring (bicyclic) bond motifs is 1. The number of rotatable bonds is 2. The molecule has 1 heterocycles. The third-order valence-corrected chi connectivity index (χ3v) is 2.69. The highest BCUT2D eigenvalue weighted by Crippen LogP contribution is 2.33. The van der Waals surface area contributed by atoms with Crippen LogP contribution >= 0.6 is 0 Å². The molecule has 80 valence electrons. The molecule has 1 atom stereocenters. The van der Waals surface area contributed by atoms with Crippen LogP contribution in [0.15, 0.2) is 12.1 Å². The van der Waals surface area contributed by atoms with Crippen molar-refractivity contribution in [3.63, 3.8) is 0 Å². The third-order valence-electron chi connectivity index (χ3n) is 2.69. The Hall–Kier alpha value is -1.35. The van der Waals surface area contributed by atoms with Crippen molar-refractivity contribution in [3.05, 3.63) is 28.8 Å². The number of ether oxygens (including phenoxy) is 1. The molecule has 0 radical (unpaired) electrons. The molecular formula is C12H15NO2. The van der Waals surface area contributed by atoms with E-state index in [4.69, 9.17) is 10.5 Å². The van der Waals surface area contributed by atoms with Gasteiger partial charge < -0.3 is 10.5 Å². The number of benzene rings is 1. The molecule has 0 aliphatic carbocycles. The summed E-state index contributed by atoms with van der Waals surface area (Å²) in [7, 11) is 0. The van der Waals surface area contributed by atoms with Crippen LogP contribution in [0.2, 0.25) is 0 Å². The summed E-state index contributed by atoms with van der Waals surface area (Å²) >= 11 is 0. The first-order valence-corrected chi connectivity index (χ1v) is 5.15. The molecule has 0 spiro atoms. The summed E-state index contributed by atoms with van der Waals surface area (Å²) in [6.45, 7) is 4.06. The van der Waals surface area contributed by atoms with Crippen molar-refractivity contribution in [1.29, 1.82) is 0 Å². The molecule has 1 unspecified atom stereocenters. The molecule has 3 heteroatoms. The second-order valence-corrected chi connectivity index (χ2v) is 4.04. The first kappa shape index (κ1) is 10.2. The molecule has 1 aromatic rings. The molecule has 0 aromatic heterocycles. The molecule has 1 aliphatic rings. The van der Waals surface area contributed by atoms with E-state index in [9.17, 15) is 4.79 Å². The Morgan fingerprint density at radius 1 is 1.60 bits per heavy atom. The number of hydrogen-bond donors (Lipinski definition) is 1. The lowest BCUT2D eigenvalue weighted by molar-refractivity contribution is 0.100. The highest BCUT2D eigenvalue weighted by atomic mass is 16.5. The monoisotopic (exact) mass is 205 g/mol. The van der Waals surface area contributed by atoms with Crippen LogP contribution in [0.3, 0.4) is 0 Å². The molecule has 0 fully saturated rings. The molecule has 0 saturated heterocycles. The average molecular weight is 205 g/mol. The summed E-state index contributed by atoms with van der Waals surface area (Å²) in [6.07, 6.45) is 1.09. The zero-order valence-corrected chi connectivity index (χ0v) is 9.04. The van der Waals surface area contributed by atoms with Gasteiger partial charge in [-0.1, -0.05) is 0 Å². The van der Waals surface area contributed by atoms with E-state index in [0.29, 0.717) is 5.56 Å². The standard InChI is InChI=1S/C12H15NO2/c1-7-3-9(11(14)6-13)5-10-4-8(2)15-12(7)10/h3,5,8H,4,6,13H2,1-2H3. The topological polar surface area (TPSA) is 52.3 Å². The Morgan fingerprint density at radius 2 is 2.33 bits per heavy atom. The smallest absolute Gasteiger partial charge is 0.176 e. The first-order chi connectivity index (χ1) is 7.11. The third kappa shape index (κ3) is 1.75. The molecule has 0 bridgehead atoms. The SMILES string of the molecule is Cc1cc(C(=O)CN)cc2c1OC(C)C2. The molecular weight excluding hydrogens is 190 g/mol. The van der Waals surface area contributed by atoms with Crippen LogP contribution in [-0.2, 0) is 6.42 Å². The Bertz CT molecular complexity index is 412. The number of hydrogen-bond acceptors (Lipinski definition) is 3. The summed E-state index contributed by atoms with van der Waals surface area (Å²) in [6, 6.07) is 3.76. The molecule has 1 aliphatic heterocycles. The fourth-order valence-corrected chi connectivity index (χ4v) is 2.00. The lowest BCUT2D eigenvalue weighted by Gasteiger charge is -2.07. The minimum absolute atomic E-state index is 0.0135.